The predicted octanol–water partition coefficient (Wildman–Crippen LogP) is 4.19. The van der Waals surface area contributed by atoms with E-state index in [1.54, 1.807) is 9.42 Å². The molecule has 3 unspecified atom stereocenters. The van der Waals surface area contributed by atoms with Crippen LogP contribution in [0.15, 0.2) is 42.6 Å². The molecule has 3 aliphatic rings. The molecule has 6 rings (SSSR count). The number of carbonyl (C=O) groups excluding carboxylic acids is 2. The first-order valence-corrected chi connectivity index (χ1v) is 14.0. The second-order valence-electron chi connectivity index (χ2n) is 12.7. The van der Waals surface area contributed by atoms with Gasteiger partial charge in [-0.2, -0.15) is 0 Å². The number of piperidine rings is 1. The minimum absolute atomic E-state index is 0.0356. The fourth-order valence-electron chi connectivity index (χ4n) is 6.32. The summed E-state index contributed by atoms with van der Waals surface area (Å²) in [6, 6.07) is 12.9. The summed E-state index contributed by atoms with van der Waals surface area (Å²) in [6.45, 7) is 13.1. The summed E-state index contributed by atoms with van der Waals surface area (Å²) < 4.78 is 7.27. The van der Waals surface area contributed by atoms with Gasteiger partial charge in [-0.3, -0.25) is 4.79 Å². The number of aryl methyl sites for hydroxylation is 1. The molecule has 2 aliphatic heterocycles. The van der Waals surface area contributed by atoms with Crippen LogP contribution in [0.5, 0.6) is 0 Å². The third-order valence-corrected chi connectivity index (χ3v) is 8.56. The number of likely N-dealkylation sites (tertiary alicyclic amines) is 1. The molecule has 1 aliphatic carbocycles. The molecule has 2 saturated heterocycles. The maximum atomic E-state index is 13.1. The van der Waals surface area contributed by atoms with Crippen molar-refractivity contribution in [3.8, 4) is 0 Å². The number of rotatable bonds is 4. The number of anilines is 1. The minimum Gasteiger partial charge on any atom is -0.444 e. The molecule has 3 aromatic rings. The maximum absolute atomic E-state index is 13.1. The van der Waals surface area contributed by atoms with Crippen LogP contribution in [-0.4, -0.2) is 69.3 Å². The first-order valence-electron chi connectivity index (χ1n) is 14.0. The van der Waals surface area contributed by atoms with E-state index in [-0.39, 0.29) is 35.2 Å². The quantitative estimate of drug-likeness (QED) is 0.544. The lowest BCUT2D eigenvalue weighted by atomic mass is 9.82. The molecular formula is C30H38N6O3. The van der Waals surface area contributed by atoms with Gasteiger partial charge in [0.1, 0.15) is 5.60 Å². The number of benzene rings is 1. The third kappa shape index (κ3) is 4.94. The number of hydrogen-bond acceptors (Lipinski definition) is 6. The van der Waals surface area contributed by atoms with Crippen LogP contribution in [0.1, 0.15) is 62.3 Å². The molecular weight excluding hydrogens is 492 g/mol. The van der Waals surface area contributed by atoms with Gasteiger partial charge < -0.3 is 19.9 Å². The minimum atomic E-state index is -0.520. The fraction of sp³-hybridized carbons (Fsp3) is 0.533. The molecule has 4 atom stereocenters. The Morgan fingerprint density at radius 1 is 1.13 bits per heavy atom. The normalized spacial score (nSPS) is 26.4. The monoisotopic (exact) mass is 530 g/mol. The van der Waals surface area contributed by atoms with Gasteiger partial charge in [0.05, 0.1) is 11.9 Å². The van der Waals surface area contributed by atoms with Gasteiger partial charge in [0.25, 0.3) is 5.91 Å². The largest absolute Gasteiger partial charge is 0.444 e. The summed E-state index contributed by atoms with van der Waals surface area (Å²) in [4.78, 5) is 34.3. The zero-order chi connectivity index (χ0) is 27.5. The van der Waals surface area contributed by atoms with Gasteiger partial charge in [-0.05, 0) is 63.6 Å². The Bertz CT molecular complexity index is 1410. The van der Waals surface area contributed by atoms with Gasteiger partial charge in [0.15, 0.2) is 5.65 Å². The number of hydrogen-bond donors (Lipinski definition) is 1. The van der Waals surface area contributed by atoms with Crippen LogP contribution in [0.4, 0.5) is 10.5 Å². The second kappa shape index (κ2) is 9.24. The molecule has 9 nitrogen and oxygen atoms in total. The van der Waals surface area contributed by atoms with E-state index in [0.29, 0.717) is 24.7 Å². The summed E-state index contributed by atoms with van der Waals surface area (Å²) >= 11 is 0. The van der Waals surface area contributed by atoms with Gasteiger partial charge >= 0.3 is 6.09 Å². The van der Waals surface area contributed by atoms with E-state index in [9.17, 15) is 9.59 Å². The molecule has 9 heteroatoms. The molecule has 39 heavy (non-hydrogen) atoms. The Morgan fingerprint density at radius 3 is 2.64 bits per heavy atom. The maximum Gasteiger partial charge on any atom is 0.410 e. The molecule has 206 valence electrons. The number of amides is 2. The van der Waals surface area contributed by atoms with Crippen molar-refractivity contribution in [2.75, 3.05) is 31.1 Å². The molecule has 0 bridgehead atoms. The van der Waals surface area contributed by atoms with Gasteiger partial charge in [0, 0.05) is 43.6 Å². The van der Waals surface area contributed by atoms with Crippen molar-refractivity contribution in [3.63, 3.8) is 0 Å². The lowest BCUT2D eigenvalue weighted by molar-refractivity contribution is 0.0207. The van der Waals surface area contributed by atoms with Gasteiger partial charge in [-0.1, -0.05) is 37.3 Å². The molecule has 1 saturated carbocycles. The van der Waals surface area contributed by atoms with E-state index in [1.807, 2.05) is 33.9 Å². The Labute approximate surface area is 229 Å². The van der Waals surface area contributed by atoms with Crippen LogP contribution in [0.25, 0.3) is 5.65 Å². The fourth-order valence-corrected chi connectivity index (χ4v) is 6.32. The highest BCUT2D eigenvalue weighted by Gasteiger charge is 2.54. The Hall–Kier alpha value is -3.62. The van der Waals surface area contributed by atoms with E-state index in [1.165, 1.54) is 5.56 Å². The highest BCUT2D eigenvalue weighted by atomic mass is 16.6. The number of aromatic nitrogens is 3. The summed E-state index contributed by atoms with van der Waals surface area (Å²) in [5, 5.41) is 7.70. The van der Waals surface area contributed by atoms with Gasteiger partial charge in [0.2, 0.25) is 5.82 Å². The summed E-state index contributed by atoms with van der Waals surface area (Å²) in [5.41, 5.74) is 3.71. The van der Waals surface area contributed by atoms with E-state index in [4.69, 9.17) is 4.74 Å². The summed E-state index contributed by atoms with van der Waals surface area (Å²) in [6.07, 6.45) is 3.63. The Kier molecular flexibility index (Phi) is 6.08. The molecule has 0 radical (unpaired) electrons. The molecule has 2 amide bonds. The number of carbonyl (C=O) groups is 2. The van der Waals surface area contributed by atoms with Gasteiger partial charge in [-0.15, -0.1) is 5.10 Å². The molecule has 4 heterocycles. The van der Waals surface area contributed by atoms with E-state index in [0.717, 1.165) is 37.2 Å². The molecule has 3 fully saturated rings. The van der Waals surface area contributed by atoms with Crippen LogP contribution in [0.3, 0.4) is 0 Å². The number of nitrogens with zero attached hydrogens (tertiary/aromatic N) is 5. The highest BCUT2D eigenvalue weighted by molar-refractivity contribution is 5.91. The average molecular weight is 531 g/mol. The summed E-state index contributed by atoms with van der Waals surface area (Å²) in [7, 11) is 0. The topological polar surface area (TPSA) is 92.1 Å². The zero-order valence-electron chi connectivity index (χ0n) is 23.5. The van der Waals surface area contributed by atoms with Crippen molar-refractivity contribution in [1.82, 2.24) is 24.8 Å². The van der Waals surface area contributed by atoms with Crippen molar-refractivity contribution in [1.29, 1.82) is 0 Å². The molecule has 1 aromatic carbocycles. The second-order valence-corrected chi connectivity index (χ2v) is 12.7. The van der Waals surface area contributed by atoms with Crippen molar-refractivity contribution in [2.24, 2.45) is 11.8 Å². The molecule has 1 N–H and O–H groups in total. The first kappa shape index (κ1) is 25.6. The summed E-state index contributed by atoms with van der Waals surface area (Å²) in [5.74, 6) is 0.543. The van der Waals surface area contributed by atoms with Crippen LogP contribution in [-0.2, 0) is 10.2 Å². The highest BCUT2D eigenvalue weighted by Crippen LogP contribution is 2.45. The lowest BCUT2D eigenvalue weighted by Crippen LogP contribution is -2.40. The standard InChI is InChI=1S/C30H38N6O3/c1-19-15-21(35-14-12-30(5,18-35)20-9-7-6-8-10-20)16-36-26(19)32-25(33-36)27(37)31-24-22-11-13-34(17-23(22)24)28(38)39-29(2,3)4/h6-10,15-16,22-24H,11-14,17-18H2,1-5H3,(H,31,37)/t22?,23?,24?,30-/m0/s1. The number of ether oxygens (including phenoxy) is 1. The number of fused-ring (bicyclic) bond motifs is 2. The van der Waals surface area contributed by atoms with Crippen LogP contribution >= 0.6 is 0 Å². The van der Waals surface area contributed by atoms with E-state index in [2.05, 4.69) is 63.6 Å². The van der Waals surface area contributed by atoms with Gasteiger partial charge in [-0.25, -0.2) is 14.3 Å². The Balaban J connectivity index is 1.12. The predicted molar refractivity (Wildman–Crippen MR) is 149 cm³/mol. The Morgan fingerprint density at radius 2 is 1.90 bits per heavy atom. The van der Waals surface area contributed by atoms with Crippen molar-refractivity contribution in [2.45, 2.75) is 64.5 Å². The zero-order valence-corrected chi connectivity index (χ0v) is 23.5. The first-order chi connectivity index (χ1) is 18.5. The van der Waals surface area contributed by atoms with Crippen LogP contribution in [0.2, 0.25) is 0 Å². The van der Waals surface area contributed by atoms with Crippen molar-refractivity contribution in [3.05, 3.63) is 59.5 Å². The third-order valence-electron chi connectivity index (χ3n) is 8.56. The van der Waals surface area contributed by atoms with Crippen molar-refractivity contribution >= 4 is 23.3 Å². The number of nitrogens with one attached hydrogen (secondary N) is 1. The molecule has 0 spiro atoms. The SMILES string of the molecule is Cc1cc(N2CC[C@](C)(c3ccccc3)C2)cn2nc(C(=O)NC3C4CCN(C(=O)OC(C)(C)C)CC43)nc12. The lowest BCUT2D eigenvalue weighted by Gasteiger charge is -2.29. The van der Waals surface area contributed by atoms with E-state index < -0.39 is 5.60 Å². The van der Waals surface area contributed by atoms with Crippen LogP contribution < -0.4 is 10.2 Å². The smallest absolute Gasteiger partial charge is 0.410 e. The van der Waals surface area contributed by atoms with Crippen molar-refractivity contribution < 1.29 is 14.3 Å². The van der Waals surface area contributed by atoms with Crippen LogP contribution in [0, 0.1) is 18.8 Å². The molecule has 2 aromatic heterocycles. The average Bonchev–Trinajstić information content (AvgIpc) is 3.20. The number of pyridine rings is 1. The van der Waals surface area contributed by atoms with E-state index >= 15 is 0 Å².